The predicted octanol–water partition coefficient (Wildman–Crippen LogP) is 1.96. The fraction of sp³-hybridized carbons (Fsp3) is 0.571. The Morgan fingerprint density at radius 2 is 2.20 bits per heavy atom. The molecule has 0 unspecified atom stereocenters. The second-order valence-corrected chi connectivity index (χ2v) is 7.98. The van der Waals surface area contributed by atoms with Gasteiger partial charge in [0.25, 0.3) is 0 Å². The summed E-state index contributed by atoms with van der Waals surface area (Å²) in [5.74, 6) is 0. The topological polar surface area (TPSA) is 17.8 Å². The van der Waals surface area contributed by atoms with E-state index in [4.69, 9.17) is 0 Å². The predicted molar refractivity (Wildman–Crippen MR) is 45.6 cm³/mol. The summed E-state index contributed by atoms with van der Waals surface area (Å²) < 4.78 is 2.27. The molecule has 1 rings (SSSR count). The van der Waals surface area contributed by atoms with Crippen molar-refractivity contribution in [3.63, 3.8) is 0 Å². The second-order valence-electron chi connectivity index (χ2n) is 3.14. The third kappa shape index (κ3) is 1.29. The molecule has 0 aliphatic heterocycles. The fourth-order valence-electron chi connectivity index (χ4n) is 0.800. The highest BCUT2D eigenvalue weighted by molar-refractivity contribution is 6.75. The second kappa shape index (κ2) is 2.58. The number of rotatable bonds is 2. The van der Waals surface area contributed by atoms with Crippen LogP contribution in [-0.4, -0.2) is 17.5 Å². The quantitative estimate of drug-likeness (QED) is 0.595. The third-order valence-corrected chi connectivity index (χ3v) is 5.46. The highest BCUT2D eigenvalue weighted by Crippen LogP contribution is 2.10. The van der Waals surface area contributed by atoms with E-state index >= 15 is 0 Å². The molecule has 0 aromatic carbocycles. The van der Waals surface area contributed by atoms with Gasteiger partial charge in [0.1, 0.15) is 0 Å². The monoisotopic (exact) mass is 154 g/mol. The lowest BCUT2D eigenvalue weighted by atomic mass is 11.0. The molecule has 56 valence electrons. The zero-order valence-corrected chi connectivity index (χ0v) is 7.83. The van der Waals surface area contributed by atoms with Gasteiger partial charge in [-0.3, -0.25) is 0 Å². The number of hydrogen-bond donors (Lipinski definition) is 0. The van der Waals surface area contributed by atoms with Gasteiger partial charge in [-0.1, -0.05) is 20.0 Å². The molecule has 1 aromatic rings. The van der Waals surface area contributed by atoms with Crippen molar-refractivity contribution in [2.45, 2.75) is 26.1 Å². The van der Waals surface area contributed by atoms with Crippen molar-refractivity contribution in [3.05, 3.63) is 18.7 Å². The van der Waals surface area contributed by atoms with E-state index in [0.717, 1.165) is 0 Å². The van der Waals surface area contributed by atoms with Crippen LogP contribution in [0.15, 0.2) is 18.7 Å². The molecule has 10 heavy (non-hydrogen) atoms. The van der Waals surface area contributed by atoms with Crippen molar-refractivity contribution >= 4 is 8.24 Å². The maximum Gasteiger partial charge on any atom is 0.156 e. The van der Waals surface area contributed by atoms with E-state index in [1.807, 2.05) is 12.5 Å². The smallest absolute Gasteiger partial charge is 0.156 e. The van der Waals surface area contributed by atoms with Crippen molar-refractivity contribution < 1.29 is 0 Å². The van der Waals surface area contributed by atoms with Crippen LogP contribution in [0.2, 0.25) is 19.1 Å². The Labute approximate surface area is 63.0 Å². The normalized spacial score (nSPS) is 11.9. The summed E-state index contributed by atoms with van der Waals surface area (Å²) in [6, 6.07) is 1.27. The van der Waals surface area contributed by atoms with Crippen LogP contribution in [0.1, 0.15) is 6.92 Å². The zero-order valence-electron chi connectivity index (χ0n) is 6.83. The van der Waals surface area contributed by atoms with E-state index in [1.165, 1.54) is 6.04 Å². The van der Waals surface area contributed by atoms with Crippen LogP contribution in [0.5, 0.6) is 0 Å². The third-order valence-electron chi connectivity index (χ3n) is 2.07. The Morgan fingerprint density at radius 3 is 2.60 bits per heavy atom. The average Bonchev–Trinajstić information content (AvgIpc) is 2.38. The summed E-state index contributed by atoms with van der Waals surface area (Å²) >= 11 is 0. The van der Waals surface area contributed by atoms with Crippen molar-refractivity contribution in [1.82, 2.24) is 9.22 Å². The van der Waals surface area contributed by atoms with Gasteiger partial charge < -0.3 is 4.23 Å². The molecule has 0 radical (unpaired) electrons. The lowest BCUT2D eigenvalue weighted by Gasteiger charge is -2.20. The SMILES string of the molecule is CC[Si](C)(C)n1ccnc1. The summed E-state index contributed by atoms with van der Waals surface area (Å²) in [7, 11) is -1.15. The molecule has 0 atom stereocenters. The molecule has 1 heterocycles. The molecule has 1 aromatic heterocycles. The van der Waals surface area contributed by atoms with Crippen molar-refractivity contribution in [2.75, 3.05) is 0 Å². The molecule has 2 nitrogen and oxygen atoms in total. The first-order valence-electron chi connectivity index (χ1n) is 3.65. The Hall–Kier alpha value is -0.573. The molecule has 0 N–H and O–H groups in total. The molecule has 0 bridgehead atoms. The van der Waals surface area contributed by atoms with Crippen molar-refractivity contribution in [1.29, 1.82) is 0 Å². The van der Waals surface area contributed by atoms with Gasteiger partial charge in [-0.2, -0.15) is 0 Å². The van der Waals surface area contributed by atoms with Crippen LogP contribution in [0.4, 0.5) is 0 Å². The van der Waals surface area contributed by atoms with Crippen molar-refractivity contribution in [2.24, 2.45) is 0 Å². The van der Waals surface area contributed by atoms with Gasteiger partial charge >= 0.3 is 0 Å². The molecular formula is C7H14N2Si. The molecule has 0 spiro atoms. The maximum absolute atomic E-state index is 4.03. The molecule has 0 saturated carbocycles. The van der Waals surface area contributed by atoms with E-state index < -0.39 is 8.24 Å². The minimum Gasteiger partial charge on any atom is -0.365 e. The first kappa shape index (κ1) is 7.53. The van der Waals surface area contributed by atoms with Gasteiger partial charge in [0.15, 0.2) is 8.24 Å². The number of imidazole rings is 1. The van der Waals surface area contributed by atoms with Crippen LogP contribution in [0.3, 0.4) is 0 Å². The Kier molecular flexibility index (Phi) is 1.94. The van der Waals surface area contributed by atoms with Crippen LogP contribution >= 0.6 is 0 Å². The van der Waals surface area contributed by atoms with E-state index in [9.17, 15) is 0 Å². The number of aromatic nitrogens is 2. The molecule has 3 heteroatoms. The average molecular weight is 154 g/mol. The molecule has 0 saturated heterocycles. The van der Waals surface area contributed by atoms with Gasteiger partial charge in [0.2, 0.25) is 0 Å². The van der Waals surface area contributed by atoms with E-state index in [-0.39, 0.29) is 0 Å². The van der Waals surface area contributed by atoms with Crippen molar-refractivity contribution in [3.8, 4) is 0 Å². The molecule has 0 fully saturated rings. The zero-order chi connectivity index (χ0) is 7.61. The van der Waals surface area contributed by atoms with Crippen LogP contribution in [-0.2, 0) is 0 Å². The van der Waals surface area contributed by atoms with Crippen LogP contribution < -0.4 is 0 Å². The standard InChI is InChI=1S/C7H14N2Si/c1-4-10(2,3)9-6-5-8-7-9/h5-7H,4H2,1-3H3. The highest BCUT2D eigenvalue weighted by atomic mass is 28.3. The van der Waals surface area contributed by atoms with Gasteiger partial charge in [0.05, 0.1) is 6.33 Å². The largest absolute Gasteiger partial charge is 0.365 e. The summed E-state index contributed by atoms with van der Waals surface area (Å²) in [6.45, 7) is 6.93. The Bertz CT molecular complexity index is 191. The van der Waals surface area contributed by atoms with Gasteiger partial charge in [-0.05, 0) is 6.04 Å². The maximum atomic E-state index is 4.03. The van der Waals surface area contributed by atoms with Crippen LogP contribution in [0, 0.1) is 0 Å². The molecule has 0 aliphatic carbocycles. The molecule has 0 amide bonds. The lowest BCUT2D eigenvalue weighted by molar-refractivity contribution is 1.08. The summed E-state index contributed by atoms with van der Waals surface area (Å²) in [4.78, 5) is 4.03. The number of hydrogen-bond acceptors (Lipinski definition) is 1. The molecule has 0 aliphatic rings. The summed E-state index contributed by atoms with van der Waals surface area (Å²) in [6.07, 6.45) is 5.84. The van der Waals surface area contributed by atoms with E-state index in [0.29, 0.717) is 0 Å². The van der Waals surface area contributed by atoms with Gasteiger partial charge in [-0.25, -0.2) is 4.98 Å². The van der Waals surface area contributed by atoms with Gasteiger partial charge in [-0.15, -0.1) is 0 Å². The summed E-state index contributed by atoms with van der Waals surface area (Å²) in [5, 5.41) is 0. The van der Waals surface area contributed by atoms with E-state index in [2.05, 4.69) is 35.4 Å². The summed E-state index contributed by atoms with van der Waals surface area (Å²) in [5.41, 5.74) is 0. The first-order chi connectivity index (χ1) is 4.67. The van der Waals surface area contributed by atoms with Crippen LogP contribution in [0.25, 0.3) is 0 Å². The highest BCUT2D eigenvalue weighted by Gasteiger charge is 2.19. The molecular weight excluding hydrogens is 140 g/mol. The minimum absolute atomic E-state index is 1.15. The first-order valence-corrected chi connectivity index (χ1v) is 6.80. The number of nitrogens with zero attached hydrogens (tertiary/aromatic N) is 2. The lowest BCUT2D eigenvalue weighted by Crippen LogP contribution is -2.33. The van der Waals surface area contributed by atoms with E-state index in [1.54, 1.807) is 0 Å². The fourth-order valence-corrected chi connectivity index (χ4v) is 2.01. The Morgan fingerprint density at radius 1 is 1.50 bits per heavy atom. The van der Waals surface area contributed by atoms with Gasteiger partial charge in [0, 0.05) is 12.4 Å². The Balaban J connectivity index is 2.85. The minimum atomic E-state index is -1.15.